The van der Waals surface area contributed by atoms with Crippen LogP contribution in [0, 0.1) is 5.92 Å². The van der Waals surface area contributed by atoms with Crippen molar-refractivity contribution in [1.82, 2.24) is 15.5 Å². The quantitative estimate of drug-likeness (QED) is 0.368. The lowest BCUT2D eigenvalue weighted by Gasteiger charge is -2.37. The molecule has 0 bridgehead atoms. The number of hydrogen-bond donors (Lipinski definition) is 3. The largest absolute Gasteiger partial charge is 0.493 e. The average molecular weight is 423 g/mol. The Bertz CT molecular complexity index is 648. The van der Waals surface area contributed by atoms with Crippen molar-refractivity contribution in [2.45, 2.75) is 33.4 Å². The first-order chi connectivity index (χ1) is 14.6. The first-order valence-electron chi connectivity index (χ1n) is 10.8. The van der Waals surface area contributed by atoms with Gasteiger partial charge in [-0.2, -0.15) is 0 Å². The molecule has 1 saturated heterocycles. The lowest BCUT2D eigenvalue weighted by molar-refractivity contribution is 0.00752. The van der Waals surface area contributed by atoms with Crippen molar-refractivity contribution in [2.24, 2.45) is 10.9 Å². The number of ether oxygens (including phenoxy) is 3. The second-order valence-electron chi connectivity index (χ2n) is 7.59. The van der Waals surface area contributed by atoms with Crippen LogP contribution in [0.2, 0.25) is 0 Å². The Balaban J connectivity index is 2.00. The van der Waals surface area contributed by atoms with Crippen LogP contribution in [0.1, 0.15) is 26.3 Å². The molecule has 1 unspecified atom stereocenters. The molecule has 1 aromatic rings. The third kappa shape index (κ3) is 7.66. The summed E-state index contributed by atoms with van der Waals surface area (Å²) in [4.78, 5) is 7.24. The highest BCUT2D eigenvalue weighted by Crippen LogP contribution is 2.28. The van der Waals surface area contributed by atoms with Crippen LogP contribution >= 0.6 is 0 Å². The van der Waals surface area contributed by atoms with E-state index in [1.807, 2.05) is 18.2 Å². The molecular weight excluding hydrogens is 384 g/mol. The van der Waals surface area contributed by atoms with Gasteiger partial charge in [0.2, 0.25) is 0 Å². The summed E-state index contributed by atoms with van der Waals surface area (Å²) in [5.41, 5.74) is 1.02. The molecule has 1 fully saturated rings. The number of aliphatic hydroxyl groups is 1. The van der Waals surface area contributed by atoms with Gasteiger partial charge >= 0.3 is 0 Å². The number of aliphatic imine (C=N–C) groups is 1. The van der Waals surface area contributed by atoms with Crippen molar-refractivity contribution in [3.63, 3.8) is 0 Å². The fourth-order valence-electron chi connectivity index (χ4n) is 3.49. The lowest BCUT2D eigenvalue weighted by atomic mass is 10.0. The lowest BCUT2D eigenvalue weighted by Crippen LogP contribution is -2.52. The van der Waals surface area contributed by atoms with Crippen LogP contribution in [0.15, 0.2) is 23.2 Å². The molecule has 3 N–H and O–H groups in total. The van der Waals surface area contributed by atoms with E-state index in [2.05, 4.69) is 36.3 Å². The fraction of sp³-hybridized carbons (Fsp3) is 0.682. The number of aliphatic hydroxyl groups excluding tert-OH is 1. The normalized spacial score (nSPS) is 16.4. The summed E-state index contributed by atoms with van der Waals surface area (Å²) in [6.45, 7) is 12.5. The van der Waals surface area contributed by atoms with Gasteiger partial charge in [-0.3, -0.25) is 4.90 Å². The Labute approximate surface area is 180 Å². The summed E-state index contributed by atoms with van der Waals surface area (Å²) in [5.74, 6) is 2.60. The van der Waals surface area contributed by atoms with Crippen molar-refractivity contribution in [2.75, 3.05) is 59.7 Å². The number of hydrogen-bond acceptors (Lipinski definition) is 6. The monoisotopic (exact) mass is 422 g/mol. The van der Waals surface area contributed by atoms with Crippen LogP contribution in [0.3, 0.4) is 0 Å². The van der Waals surface area contributed by atoms with Crippen molar-refractivity contribution in [3.05, 3.63) is 23.8 Å². The Morgan fingerprint density at radius 2 is 2.00 bits per heavy atom. The first kappa shape index (κ1) is 24.2. The van der Waals surface area contributed by atoms with Gasteiger partial charge in [-0.05, 0) is 30.5 Å². The molecule has 8 heteroatoms. The Morgan fingerprint density at radius 1 is 1.23 bits per heavy atom. The van der Waals surface area contributed by atoms with Gasteiger partial charge in [-0.25, -0.2) is 4.99 Å². The molecule has 1 aliphatic heterocycles. The van der Waals surface area contributed by atoms with Gasteiger partial charge in [0.05, 0.1) is 33.5 Å². The van der Waals surface area contributed by atoms with Crippen LogP contribution in [0.5, 0.6) is 11.5 Å². The van der Waals surface area contributed by atoms with E-state index in [9.17, 15) is 0 Å². The maximum atomic E-state index is 8.94. The summed E-state index contributed by atoms with van der Waals surface area (Å²) < 4.78 is 16.4. The molecule has 0 spiro atoms. The van der Waals surface area contributed by atoms with Crippen molar-refractivity contribution >= 4 is 5.96 Å². The summed E-state index contributed by atoms with van der Waals surface area (Å²) in [5, 5.41) is 15.8. The molecule has 0 aromatic heterocycles. The fourth-order valence-corrected chi connectivity index (χ4v) is 3.49. The predicted molar refractivity (Wildman–Crippen MR) is 119 cm³/mol. The molecule has 170 valence electrons. The zero-order chi connectivity index (χ0) is 21.8. The van der Waals surface area contributed by atoms with E-state index in [0.717, 1.165) is 50.9 Å². The van der Waals surface area contributed by atoms with Gasteiger partial charge in [0, 0.05) is 32.2 Å². The topological polar surface area (TPSA) is 87.6 Å². The van der Waals surface area contributed by atoms with Crippen LogP contribution < -0.4 is 20.1 Å². The van der Waals surface area contributed by atoms with E-state index in [1.165, 1.54) is 0 Å². The average Bonchev–Trinajstić information content (AvgIpc) is 2.76. The van der Waals surface area contributed by atoms with Crippen molar-refractivity contribution in [1.29, 1.82) is 0 Å². The molecule has 1 heterocycles. The molecule has 1 atom stereocenters. The number of rotatable bonds is 11. The number of guanidine groups is 1. The van der Waals surface area contributed by atoms with Crippen LogP contribution in [-0.4, -0.2) is 81.7 Å². The molecular formula is C22H38N4O4. The maximum Gasteiger partial charge on any atom is 0.191 e. The number of methoxy groups -OCH3 is 1. The van der Waals surface area contributed by atoms with Crippen molar-refractivity contribution in [3.8, 4) is 11.5 Å². The van der Waals surface area contributed by atoms with Gasteiger partial charge in [0.15, 0.2) is 17.5 Å². The summed E-state index contributed by atoms with van der Waals surface area (Å²) in [7, 11) is 1.61. The SMILES string of the molecule is CCNC(=NCc1ccc(OCCO)c(OC)c1)NCC(C(C)C)N1CCOCC1. The van der Waals surface area contributed by atoms with Crippen molar-refractivity contribution < 1.29 is 19.3 Å². The number of nitrogens with zero attached hydrogens (tertiary/aromatic N) is 2. The minimum absolute atomic E-state index is 0.0330. The minimum atomic E-state index is -0.0330. The second kappa shape index (κ2) is 13.3. The molecule has 1 aliphatic rings. The van der Waals surface area contributed by atoms with Gasteiger partial charge < -0.3 is 30.0 Å². The number of morpholine rings is 1. The summed E-state index contributed by atoms with van der Waals surface area (Å²) >= 11 is 0. The molecule has 30 heavy (non-hydrogen) atoms. The van der Waals surface area contributed by atoms with Gasteiger partial charge in [-0.15, -0.1) is 0 Å². The molecule has 8 nitrogen and oxygen atoms in total. The smallest absolute Gasteiger partial charge is 0.191 e. The maximum absolute atomic E-state index is 8.94. The number of nitrogens with one attached hydrogen (secondary N) is 2. The highest BCUT2D eigenvalue weighted by Gasteiger charge is 2.23. The highest BCUT2D eigenvalue weighted by molar-refractivity contribution is 5.79. The number of benzene rings is 1. The predicted octanol–water partition coefficient (Wildman–Crippen LogP) is 1.48. The van der Waals surface area contributed by atoms with Crippen LogP contribution in [-0.2, 0) is 11.3 Å². The summed E-state index contributed by atoms with van der Waals surface area (Å²) in [6, 6.07) is 6.17. The zero-order valence-corrected chi connectivity index (χ0v) is 18.8. The highest BCUT2D eigenvalue weighted by atomic mass is 16.5. The molecule has 1 aromatic carbocycles. The Hall–Kier alpha value is -2.03. The minimum Gasteiger partial charge on any atom is -0.493 e. The Morgan fingerprint density at radius 3 is 2.63 bits per heavy atom. The summed E-state index contributed by atoms with van der Waals surface area (Å²) in [6.07, 6.45) is 0. The Kier molecular flexibility index (Phi) is 10.8. The van der Waals surface area contributed by atoms with E-state index in [4.69, 9.17) is 24.3 Å². The van der Waals surface area contributed by atoms with E-state index in [0.29, 0.717) is 30.0 Å². The zero-order valence-electron chi connectivity index (χ0n) is 18.8. The molecule has 0 amide bonds. The third-order valence-corrected chi connectivity index (χ3v) is 5.10. The standard InChI is InChI=1S/C22H38N4O4/c1-5-23-22(25-16-19(17(2)3)26-8-11-29-12-9-26)24-15-18-6-7-20(30-13-10-27)21(14-18)28-4/h6-7,14,17,19,27H,5,8-13,15-16H2,1-4H3,(H2,23,24,25). The van der Waals surface area contributed by atoms with Crippen LogP contribution in [0.4, 0.5) is 0 Å². The van der Waals surface area contributed by atoms with Gasteiger partial charge in [0.1, 0.15) is 6.61 Å². The molecule has 0 saturated carbocycles. The second-order valence-corrected chi connectivity index (χ2v) is 7.59. The molecule has 0 aliphatic carbocycles. The third-order valence-electron chi connectivity index (χ3n) is 5.10. The van der Waals surface area contributed by atoms with E-state index in [1.54, 1.807) is 7.11 Å². The molecule has 0 radical (unpaired) electrons. The first-order valence-corrected chi connectivity index (χ1v) is 10.8. The van der Waals surface area contributed by atoms with E-state index >= 15 is 0 Å². The molecule has 2 rings (SSSR count). The van der Waals surface area contributed by atoms with Gasteiger partial charge in [-0.1, -0.05) is 19.9 Å². The van der Waals surface area contributed by atoms with E-state index < -0.39 is 0 Å². The van der Waals surface area contributed by atoms with Gasteiger partial charge in [0.25, 0.3) is 0 Å². The van der Waals surface area contributed by atoms with E-state index in [-0.39, 0.29) is 13.2 Å². The van der Waals surface area contributed by atoms with Crippen LogP contribution in [0.25, 0.3) is 0 Å².